The number of aliphatic hydroxyl groups excluding tert-OH is 1. The molecule has 0 spiro atoms. The molecule has 1 N–H and O–H groups in total. The van der Waals surface area contributed by atoms with E-state index in [4.69, 9.17) is 5.26 Å². The third-order valence-electron chi connectivity index (χ3n) is 2.68. The van der Waals surface area contributed by atoms with Crippen LogP contribution in [0.3, 0.4) is 0 Å². The Kier molecular flexibility index (Phi) is 5.05. The first-order valence-corrected chi connectivity index (χ1v) is 5.55. The molecule has 2 atom stereocenters. The van der Waals surface area contributed by atoms with Crippen molar-refractivity contribution in [1.29, 1.82) is 5.26 Å². The van der Waals surface area contributed by atoms with Gasteiger partial charge < -0.3 is 5.11 Å². The maximum absolute atomic E-state index is 12.3. The molecule has 0 amide bonds. The quantitative estimate of drug-likeness (QED) is 0.853. The van der Waals surface area contributed by atoms with E-state index in [1.54, 1.807) is 0 Å². The Balaban J connectivity index is 2.82. The molecule has 0 saturated carbocycles. The van der Waals surface area contributed by atoms with E-state index in [2.05, 4.69) is 0 Å². The van der Waals surface area contributed by atoms with Gasteiger partial charge in [-0.3, -0.25) is 0 Å². The highest BCUT2D eigenvalue weighted by Gasteiger charge is 2.20. The van der Waals surface area contributed by atoms with Crippen LogP contribution in [-0.2, 0) is 0 Å². The third-order valence-corrected chi connectivity index (χ3v) is 2.68. The van der Waals surface area contributed by atoms with E-state index in [-0.39, 0.29) is 5.56 Å². The molecule has 4 heteroatoms. The van der Waals surface area contributed by atoms with Crippen LogP contribution in [0.1, 0.15) is 43.4 Å². The van der Waals surface area contributed by atoms with Crippen molar-refractivity contribution in [2.45, 2.75) is 32.3 Å². The summed E-state index contributed by atoms with van der Waals surface area (Å²) in [6.07, 6.45) is -2.03. The summed E-state index contributed by atoms with van der Waals surface area (Å²) in [6, 6.07) is 7.50. The molecule has 0 radical (unpaired) electrons. The van der Waals surface area contributed by atoms with E-state index >= 15 is 0 Å². The Bertz CT molecular complexity index is 383. The standard InChI is InChI=1S/C13H15F2NO/c1-2-3-11(8-16)12(17)9-4-6-10(7-5-9)13(14)15/h4-7,11-13,17H,2-3H2,1H3. The number of alkyl halides is 2. The minimum absolute atomic E-state index is 0.0788. The zero-order chi connectivity index (χ0) is 12.8. The molecule has 1 aromatic rings. The van der Waals surface area contributed by atoms with E-state index in [9.17, 15) is 13.9 Å². The molecule has 0 aliphatic carbocycles. The lowest BCUT2D eigenvalue weighted by atomic mass is 9.93. The second kappa shape index (κ2) is 6.31. The monoisotopic (exact) mass is 239 g/mol. The lowest BCUT2D eigenvalue weighted by Gasteiger charge is -2.16. The van der Waals surface area contributed by atoms with Gasteiger partial charge in [-0.1, -0.05) is 37.6 Å². The fourth-order valence-corrected chi connectivity index (χ4v) is 1.67. The number of hydrogen-bond acceptors (Lipinski definition) is 2. The molecule has 2 nitrogen and oxygen atoms in total. The number of benzene rings is 1. The Morgan fingerprint density at radius 3 is 2.18 bits per heavy atom. The van der Waals surface area contributed by atoms with Crippen LogP contribution in [0.5, 0.6) is 0 Å². The van der Waals surface area contributed by atoms with Crippen LogP contribution in [0, 0.1) is 17.2 Å². The van der Waals surface area contributed by atoms with Gasteiger partial charge in [0.05, 0.1) is 18.1 Å². The average molecular weight is 239 g/mol. The number of rotatable bonds is 5. The summed E-state index contributed by atoms with van der Waals surface area (Å²) < 4.78 is 24.7. The van der Waals surface area contributed by atoms with Crippen LogP contribution in [0.2, 0.25) is 0 Å². The van der Waals surface area contributed by atoms with Gasteiger partial charge in [0.15, 0.2) is 0 Å². The van der Waals surface area contributed by atoms with Crippen molar-refractivity contribution >= 4 is 0 Å². The molecule has 17 heavy (non-hydrogen) atoms. The van der Waals surface area contributed by atoms with Gasteiger partial charge in [-0.25, -0.2) is 8.78 Å². The van der Waals surface area contributed by atoms with Crippen LogP contribution in [0.25, 0.3) is 0 Å². The molecule has 0 aliphatic rings. The second-order valence-corrected chi connectivity index (χ2v) is 3.94. The van der Waals surface area contributed by atoms with E-state index < -0.39 is 18.4 Å². The summed E-state index contributed by atoms with van der Waals surface area (Å²) in [5.41, 5.74) is 0.430. The summed E-state index contributed by atoms with van der Waals surface area (Å²) in [6.45, 7) is 1.93. The number of aliphatic hydroxyl groups is 1. The summed E-state index contributed by atoms with van der Waals surface area (Å²) in [5.74, 6) is -0.489. The summed E-state index contributed by atoms with van der Waals surface area (Å²) in [7, 11) is 0. The minimum Gasteiger partial charge on any atom is -0.387 e. The predicted octanol–water partition coefficient (Wildman–Crippen LogP) is 3.60. The Labute approximate surface area is 99.5 Å². The van der Waals surface area contributed by atoms with Gasteiger partial charge in [0.2, 0.25) is 0 Å². The number of halogens is 2. The van der Waals surface area contributed by atoms with Crippen molar-refractivity contribution in [2.24, 2.45) is 5.92 Å². The average Bonchev–Trinajstić information content (AvgIpc) is 2.35. The van der Waals surface area contributed by atoms with Crippen LogP contribution in [0.4, 0.5) is 8.78 Å². The predicted molar refractivity (Wildman–Crippen MR) is 60.4 cm³/mol. The maximum atomic E-state index is 12.3. The van der Waals surface area contributed by atoms with Crippen molar-refractivity contribution in [3.63, 3.8) is 0 Å². The van der Waals surface area contributed by atoms with Crippen LogP contribution in [0.15, 0.2) is 24.3 Å². The molecular weight excluding hydrogens is 224 g/mol. The lowest BCUT2D eigenvalue weighted by Crippen LogP contribution is -2.10. The van der Waals surface area contributed by atoms with E-state index in [0.29, 0.717) is 12.0 Å². The first-order valence-electron chi connectivity index (χ1n) is 5.55. The largest absolute Gasteiger partial charge is 0.387 e. The van der Waals surface area contributed by atoms with Gasteiger partial charge in [-0.15, -0.1) is 0 Å². The lowest BCUT2D eigenvalue weighted by molar-refractivity contribution is 0.129. The zero-order valence-electron chi connectivity index (χ0n) is 9.61. The second-order valence-electron chi connectivity index (χ2n) is 3.94. The molecule has 0 aromatic heterocycles. The van der Waals surface area contributed by atoms with Crippen molar-refractivity contribution in [3.05, 3.63) is 35.4 Å². The highest BCUT2D eigenvalue weighted by atomic mass is 19.3. The van der Waals surface area contributed by atoms with Crippen molar-refractivity contribution < 1.29 is 13.9 Å². The highest BCUT2D eigenvalue weighted by molar-refractivity contribution is 5.26. The van der Waals surface area contributed by atoms with Crippen molar-refractivity contribution in [2.75, 3.05) is 0 Å². The van der Waals surface area contributed by atoms with E-state index in [1.165, 1.54) is 24.3 Å². The van der Waals surface area contributed by atoms with Gasteiger partial charge in [0.1, 0.15) is 0 Å². The molecule has 1 aromatic carbocycles. The normalized spacial score (nSPS) is 14.4. The maximum Gasteiger partial charge on any atom is 0.263 e. The van der Waals surface area contributed by atoms with E-state index in [1.807, 2.05) is 13.0 Å². The summed E-state index contributed by atoms with van der Waals surface area (Å²) in [4.78, 5) is 0. The van der Waals surface area contributed by atoms with Crippen molar-refractivity contribution in [3.8, 4) is 6.07 Å². The Morgan fingerprint density at radius 2 is 1.76 bits per heavy atom. The molecular formula is C13H15F2NO. The highest BCUT2D eigenvalue weighted by Crippen LogP contribution is 2.27. The van der Waals surface area contributed by atoms with Gasteiger partial charge in [-0.05, 0) is 12.0 Å². The van der Waals surface area contributed by atoms with Gasteiger partial charge in [0.25, 0.3) is 6.43 Å². The van der Waals surface area contributed by atoms with Crippen molar-refractivity contribution in [1.82, 2.24) is 0 Å². The molecule has 0 fully saturated rings. The van der Waals surface area contributed by atoms with Crippen LogP contribution in [-0.4, -0.2) is 5.11 Å². The number of hydrogen-bond donors (Lipinski definition) is 1. The summed E-state index contributed by atoms with van der Waals surface area (Å²) in [5, 5.41) is 18.8. The van der Waals surface area contributed by atoms with Gasteiger partial charge >= 0.3 is 0 Å². The van der Waals surface area contributed by atoms with E-state index in [0.717, 1.165) is 6.42 Å². The molecule has 92 valence electrons. The zero-order valence-corrected chi connectivity index (χ0v) is 9.61. The minimum atomic E-state index is -2.51. The molecule has 2 unspecified atom stereocenters. The van der Waals surface area contributed by atoms with Crippen LogP contribution >= 0.6 is 0 Å². The molecule has 0 bridgehead atoms. The number of nitriles is 1. The molecule has 0 aliphatic heterocycles. The first kappa shape index (κ1) is 13.6. The summed E-state index contributed by atoms with van der Waals surface area (Å²) >= 11 is 0. The smallest absolute Gasteiger partial charge is 0.263 e. The first-order chi connectivity index (χ1) is 8.10. The fourth-order valence-electron chi connectivity index (χ4n) is 1.67. The Hall–Kier alpha value is -1.47. The van der Waals surface area contributed by atoms with Gasteiger partial charge in [-0.2, -0.15) is 5.26 Å². The molecule has 0 heterocycles. The SMILES string of the molecule is CCCC(C#N)C(O)c1ccc(C(F)F)cc1. The molecule has 0 saturated heterocycles. The Morgan fingerprint density at radius 1 is 1.24 bits per heavy atom. The van der Waals surface area contributed by atoms with Gasteiger partial charge in [0, 0.05) is 5.56 Å². The fraction of sp³-hybridized carbons (Fsp3) is 0.462. The third kappa shape index (κ3) is 3.50. The number of nitrogens with zero attached hydrogens (tertiary/aromatic N) is 1. The topological polar surface area (TPSA) is 44.0 Å². The van der Waals surface area contributed by atoms with Crippen LogP contribution < -0.4 is 0 Å². The molecule has 1 rings (SSSR count).